The van der Waals surface area contributed by atoms with Crippen LogP contribution in [0.5, 0.6) is 0 Å². The summed E-state index contributed by atoms with van der Waals surface area (Å²) < 4.78 is 1.76. The van der Waals surface area contributed by atoms with Crippen molar-refractivity contribution in [2.75, 3.05) is 0 Å². The van der Waals surface area contributed by atoms with Gasteiger partial charge in [-0.25, -0.2) is 4.68 Å². The van der Waals surface area contributed by atoms with Crippen LogP contribution in [0.1, 0.15) is 5.69 Å². The SMILES string of the molecule is N#Cc1nnn(-c2cccc3ccccc23)c1-c1cccs1. The number of aromatic nitrogens is 3. The van der Waals surface area contributed by atoms with Crippen molar-refractivity contribution < 1.29 is 0 Å². The van der Waals surface area contributed by atoms with Gasteiger partial charge >= 0.3 is 0 Å². The highest BCUT2D eigenvalue weighted by Crippen LogP contribution is 2.31. The third-order valence-electron chi connectivity index (χ3n) is 3.53. The summed E-state index contributed by atoms with van der Waals surface area (Å²) in [7, 11) is 0. The number of fused-ring (bicyclic) bond motifs is 1. The number of rotatable bonds is 2. The van der Waals surface area contributed by atoms with Crippen molar-refractivity contribution in [1.29, 1.82) is 5.26 Å². The van der Waals surface area contributed by atoms with Crippen LogP contribution in [0.25, 0.3) is 27.0 Å². The maximum absolute atomic E-state index is 9.33. The standard InChI is InChI=1S/C17H10N4S/c18-11-14-17(16-9-4-10-22-16)21(20-19-14)15-8-3-6-12-5-1-2-7-13(12)15/h1-10H. The van der Waals surface area contributed by atoms with Gasteiger partial charge in [0, 0.05) is 5.39 Å². The third kappa shape index (κ3) is 1.90. The largest absolute Gasteiger partial charge is 0.210 e. The summed E-state index contributed by atoms with van der Waals surface area (Å²) in [6.45, 7) is 0. The van der Waals surface area contributed by atoms with E-state index in [1.54, 1.807) is 16.0 Å². The van der Waals surface area contributed by atoms with Crippen molar-refractivity contribution in [3.63, 3.8) is 0 Å². The zero-order valence-electron chi connectivity index (χ0n) is 11.5. The maximum Gasteiger partial charge on any atom is 0.191 e. The van der Waals surface area contributed by atoms with Gasteiger partial charge in [0.15, 0.2) is 5.69 Å². The predicted octanol–water partition coefficient (Wildman–Crippen LogP) is 4.02. The van der Waals surface area contributed by atoms with Gasteiger partial charge in [-0.3, -0.25) is 0 Å². The van der Waals surface area contributed by atoms with Crippen molar-refractivity contribution >= 4 is 22.1 Å². The monoisotopic (exact) mass is 302 g/mol. The van der Waals surface area contributed by atoms with Gasteiger partial charge in [-0.2, -0.15) is 5.26 Å². The zero-order valence-corrected chi connectivity index (χ0v) is 12.3. The van der Waals surface area contributed by atoms with Crippen molar-refractivity contribution in [3.8, 4) is 22.3 Å². The Morgan fingerprint density at radius 2 is 1.86 bits per heavy atom. The molecule has 4 nitrogen and oxygen atoms in total. The zero-order chi connectivity index (χ0) is 14.9. The number of thiophene rings is 1. The molecule has 0 unspecified atom stereocenters. The average molecular weight is 302 g/mol. The van der Waals surface area contributed by atoms with E-state index in [-0.39, 0.29) is 0 Å². The quantitative estimate of drug-likeness (QED) is 0.562. The molecule has 0 bridgehead atoms. The Bertz CT molecular complexity index is 988. The van der Waals surface area contributed by atoms with Gasteiger partial charge in [0.25, 0.3) is 0 Å². The van der Waals surface area contributed by atoms with Gasteiger partial charge in [-0.05, 0) is 22.9 Å². The van der Waals surface area contributed by atoms with Crippen molar-refractivity contribution in [3.05, 3.63) is 65.7 Å². The molecule has 2 aromatic carbocycles. The molecule has 0 amide bonds. The lowest BCUT2D eigenvalue weighted by Crippen LogP contribution is -2.00. The Morgan fingerprint density at radius 3 is 2.68 bits per heavy atom. The molecule has 4 aromatic rings. The number of hydrogen-bond donors (Lipinski definition) is 0. The average Bonchev–Trinajstić information content (AvgIpc) is 3.23. The summed E-state index contributed by atoms with van der Waals surface area (Å²) in [4.78, 5) is 0.981. The number of nitriles is 1. The Balaban J connectivity index is 2.05. The maximum atomic E-state index is 9.33. The molecular weight excluding hydrogens is 292 g/mol. The van der Waals surface area contributed by atoms with E-state index in [4.69, 9.17) is 0 Å². The molecule has 4 rings (SSSR count). The third-order valence-corrected chi connectivity index (χ3v) is 4.40. The molecular formula is C17H10N4S. The minimum atomic E-state index is 0.343. The Morgan fingerprint density at radius 1 is 1.00 bits per heavy atom. The lowest BCUT2D eigenvalue weighted by atomic mass is 10.1. The van der Waals surface area contributed by atoms with Crippen LogP contribution in [0.2, 0.25) is 0 Å². The first kappa shape index (κ1) is 12.7. The van der Waals surface area contributed by atoms with E-state index in [1.807, 2.05) is 41.8 Å². The van der Waals surface area contributed by atoms with Gasteiger partial charge < -0.3 is 0 Å². The minimum Gasteiger partial charge on any atom is -0.210 e. The van der Waals surface area contributed by atoms with E-state index in [9.17, 15) is 5.26 Å². The van der Waals surface area contributed by atoms with Gasteiger partial charge in [0.1, 0.15) is 11.8 Å². The highest BCUT2D eigenvalue weighted by atomic mass is 32.1. The van der Waals surface area contributed by atoms with Crippen LogP contribution in [-0.4, -0.2) is 15.0 Å². The molecule has 0 aliphatic heterocycles. The lowest BCUT2D eigenvalue weighted by Gasteiger charge is -2.08. The molecule has 0 atom stereocenters. The summed E-state index contributed by atoms with van der Waals surface area (Å²) in [6.07, 6.45) is 0. The van der Waals surface area contributed by atoms with Crippen LogP contribution in [0.15, 0.2) is 60.0 Å². The van der Waals surface area contributed by atoms with E-state index in [1.165, 1.54) is 0 Å². The van der Waals surface area contributed by atoms with Crippen LogP contribution in [0.3, 0.4) is 0 Å². The molecule has 0 saturated heterocycles. The molecule has 104 valence electrons. The Labute approximate surface area is 130 Å². The second-order valence-electron chi connectivity index (χ2n) is 4.79. The minimum absolute atomic E-state index is 0.343. The van der Waals surface area contributed by atoms with Gasteiger partial charge in [-0.15, -0.1) is 16.4 Å². The number of nitrogens with zero attached hydrogens (tertiary/aromatic N) is 4. The summed E-state index contributed by atoms with van der Waals surface area (Å²) in [5.74, 6) is 0. The molecule has 0 radical (unpaired) electrons. The highest BCUT2D eigenvalue weighted by Gasteiger charge is 2.18. The van der Waals surface area contributed by atoms with Gasteiger partial charge in [0.05, 0.1) is 10.6 Å². The first-order valence-corrected chi connectivity index (χ1v) is 7.64. The number of benzene rings is 2. The van der Waals surface area contributed by atoms with Crippen molar-refractivity contribution in [1.82, 2.24) is 15.0 Å². The fraction of sp³-hybridized carbons (Fsp3) is 0. The van der Waals surface area contributed by atoms with E-state index in [0.29, 0.717) is 5.69 Å². The molecule has 0 spiro atoms. The molecule has 0 saturated carbocycles. The normalized spacial score (nSPS) is 10.7. The van der Waals surface area contributed by atoms with Crippen LogP contribution >= 0.6 is 11.3 Å². The first-order chi connectivity index (χ1) is 10.9. The predicted molar refractivity (Wildman–Crippen MR) is 86.9 cm³/mol. The van der Waals surface area contributed by atoms with Crippen LogP contribution in [0, 0.1) is 11.3 Å². The molecule has 22 heavy (non-hydrogen) atoms. The molecule has 2 heterocycles. The second-order valence-corrected chi connectivity index (χ2v) is 5.73. The van der Waals surface area contributed by atoms with E-state index < -0.39 is 0 Å². The molecule has 0 aliphatic carbocycles. The van der Waals surface area contributed by atoms with Crippen molar-refractivity contribution in [2.45, 2.75) is 0 Å². The summed E-state index contributed by atoms with van der Waals surface area (Å²) >= 11 is 1.57. The van der Waals surface area contributed by atoms with E-state index in [0.717, 1.165) is 27.0 Å². The van der Waals surface area contributed by atoms with Crippen LogP contribution < -0.4 is 0 Å². The summed E-state index contributed by atoms with van der Waals surface area (Å²) in [5, 5.41) is 21.8. The van der Waals surface area contributed by atoms with Crippen LogP contribution in [-0.2, 0) is 0 Å². The summed E-state index contributed by atoms with van der Waals surface area (Å²) in [6, 6.07) is 20.2. The van der Waals surface area contributed by atoms with Crippen LogP contribution in [0.4, 0.5) is 0 Å². The smallest absolute Gasteiger partial charge is 0.191 e. The van der Waals surface area contributed by atoms with E-state index in [2.05, 4.69) is 34.6 Å². The van der Waals surface area contributed by atoms with E-state index >= 15 is 0 Å². The first-order valence-electron chi connectivity index (χ1n) is 6.76. The molecule has 2 aromatic heterocycles. The Hall–Kier alpha value is -2.97. The molecule has 0 aliphatic rings. The molecule has 0 N–H and O–H groups in total. The fourth-order valence-electron chi connectivity index (χ4n) is 2.55. The Kier molecular flexibility index (Phi) is 2.95. The molecule has 0 fully saturated rings. The van der Waals surface area contributed by atoms with Gasteiger partial charge in [-0.1, -0.05) is 47.7 Å². The second kappa shape index (κ2) is 5.10. The highest BCUT2D eigenvalue weighted by molar-refractivity contribution is 7.13. The van der Waals surface area contributed by atoms with Gasteiger partial charge in [0.2, 0.25) is 0 Å². The molecule has 5 heteroatoms. The summed E-state index contributed by atoms with van der Waals surface area (Å²) in [5.41, 5.74) is 2.01. The fourth-order valence-corrected chi connectivity index (χ4v) is 3.31. The lowest BCUT2D eigenvalue weighted by molar-refractivity contribution is 0.812. The van der Waals surface area contributed by atoms with Crippen molar-refractivity contribution in [2.24, 2.45) is 0 Å². The number of hydrogen-bond acceptors (Lipinski definition) is 4. The topological polar surface area (TPSA) is 54.5 Å².